The number of ether oxygens (including phenoxy) is 1. The molecular formula is C47H35N4O2Pt-3. The van der Waals surface area contributed by atoms with Crippen LogP contribution in [-0.4, -0.2) is 16.6 Å². The number of pyridine rings is 1. The number of nitrogens with zero attached hydrogens (tertiary/aromatic N) is 4. The first kappa shape index (κ1) is 34.0. The molecule has 1 aliphatic rings. The molecule has 6 nitrogen and oxygen atoms in total. The van der Waals surface area contributed by atoms with Gasteiger partial charge >= 0.3 is 0 Å². The van der Waals surface area contributed by atoms with Crippen LogP contribution in [0.25, 0.3) is 60.7 Å². The van der Waals surface area contributed by atoms with E-state index in [1.807, 2.05) is 42.6 Å². The van der Waals surface area contributed by atoms with Gasteiger partial charge in [-0.15, -0.1) is 47.0 Å². The van der Waals surface area contributed by atoms with Gasteiger partial charge < -0.3 is 23.5 Å². The van der Waals surface area contributed by atoms with E-state index in [-0.39, 0.29) is 26.5 Å². The summed E-state index contributed by atoms with van der Waals surface area (Å²) < 4.78 is 15.1. The topological polar surface area (TPSA) is 46.7 Å². The van der Waals surface area contributed by atoms with E-state index < -0.39 is 0 Å². The van der Waals surface area contributed by atoms with Crippen LogP contribution in [0.4, 0.5) is 17.1 Å². The van der Waals surface area contributed by atoms with Gasteiger partial charge in [-0.3, -0.25) is 0 Å². The Kier molecular flexibility index (Phi) is 8.13. The van der Waals surface area contributed by atoms with Gasteiger partial charge in [0.25, 0.3) is 0 Å². The maximum absolute atomic E-state index is 6.71. The Morgan fingerprint density at radius 3 is 2.28 bits per heavy atom. The minimum Gasteiger partial charge on any atom is -0.509 e. The van der Waals surface area contributed by atoms with E-state index in [0.717, 1.165) is 77.8 Å². The Labute approximate surface area is 328 Å². The Balaban J connectivity index is 0.00000384. The van der Waals surface area contributed by atoms with Gasteiger partial charge in [0.05, 0.1) is 0 Å². The monoisotopic (exact) mass is 882 g/mol. The zero-order chi connectivity index (χ0) is 35.8. The molecule has 10 rings (SSSR count). The summed E-state index contributed by atoms with van der Waals surface area (Å²) in [5.41, 5.74) is 10.0. The van der Waals surface area contributed by atoms with Crippen molar-refractivity contribution < 1.29 is 30.2 Å². The molecule has 0 spiro atoms. The first-order valence-corrected chi connectivity index (χ1v) is 17.8. The predicted octanol–water partition coefficient (Wildman–Crippen LogP) is 12.1. The summed E-state index contributed by atoms with van der Waals surface area (Å²) in [4.78, 5) is 9.31. The van der Waals surface area contributed by atoms with E-state index in [4.69, 9.17) is 14.1 Å². The summed E-state index contributed by atoms with van der Waals surface area (Å²) in [6, 6.07) is 51.2. The van der Waals surface area contributed by atoms with Crippen molar-refractivity contribution in [2.75, 3.05) is 16.8 Å². The third-order valence-corrected chi connectivity index (χ3v) is 10.2. The van der Waals surface area contributed by atoms with Crippen LogP contribution < -0.4 is 14.5 Å². The summed E-state index contributed by atoms with van der Waals surface area (Å²) >= 11 is 0. The quantitative estimate of drug-likeness (QED) is 0.161. The Bertz CT molecular complexity index is 2870. The van der Waals surface area contributed by atoms with Crippen molar-refractivity contribution in [1.82, 2.24) is 9.55 Å². The molecule has 0 saturated heterocycles. The number of rotatable bonds is 5. The SMILES string of the molecule is CN1[CH-]N(c2[c-]c(Oc3[c-]c4c(cc3)c3ccccc3n4-c3cc4oc5ccccc5c4cn3)cc(C(C)(C)C)c2)c2cc(-c3ccccc3)ccc21.[Pt]. The predicted molar refractivity (Wildman–Crippen MR) is 215 cm³/mol. The Morgan fingerprint density at radius 2 is 1.44 bits per heavy atom. The van der Waals surface area contributed by atoms with Crippen LogP contribution in [0.2, 0.25) is 0 Å². The fourth-order valence-corrected chi connectivity index (χ4v) is 7.48. The van der Waals surface area contributed by atoms with E-state index in [0.29, 0.717) is 11.5 Å². The molecule has 6 aromatic carbocycles. The molecule has 54 heavy (non-hydrogen) atoms. The molecule has 3 aromatic heterocycles. The van der Waals surface area contributed by atoms with E-state index in [9.17, 15) is 0 Å². The van der Waals surface area contributed by atoms with Gasteiger partial charge in [0, 0.05) is 72.5 Å². The van der Waals surface area contributed by atoms with Gasteiger partial charge in [-0.1, -0.05) is 99.1 Å². The van der Waals surface area contributed by atoms with E-state index in [1.165, 1.54) is 5.56 Å². The van der Waals surface area contributed by atoms with Crippen LogP contribution >= 0.6 is 0 Å². The molecule has 0 amide bonds. The zero-order valence-electron chi connectivity index (χ0n) is 30.2. The Morgan fingerprint density at radius 1 is 0.667 bits per heavy atom. The average molecular weight is 883 g/mol. The van der Waals surface area contributed by atoms with Gasteiger partial charge in [0.2, 0.25) is 0 Å². The van der Waals surface area contributed by atoms with Gasteiger partial charge in [-0.2, -0.15) is 12.7 Å². The van der Waals surface area contributed by atoms with Crippen LogP contribution in [0.3, 0.4) is 0 Å². The number of furan rings is 1. The van der Waals surface area contributed by atoms with Crippen molar-refractivity contribution in [2.24, 2.45) is 0 Å². The molecule has 0 bridgehead atoms. The standard InChI is InChI=1S/C47H35N4O2.Pt/c1-47(2,3)32-23-33(50-29-49(4)41-21-18-31(22-43(41)50)30-12-6-5-7-13-30)25-35(24-32)52-34-19-20-37-36-14-8-10-16-40(36)51(42(37)26-34)46-27-45-39(28-48-46)38-15-9-11-17-44(38)53-45;/h5-24,27-29H,1-4H3;/q-3;. The zero-order valence-corrected chi connectivity index (χ0v) is 32.5. The number of para-hydroxylation sites is 2. The molecule has 0 atom stereocenters. The molecule has 9 aromatic rings. The van der Waals surface area contributed by atoms with Crippen molar-refractivity contribution in [3.8, 4) is 28.4 Å². The average Bonchev–Trinajstić information content (AvgIpc) is 3.83. The van der Waals surface area contributed by atoms with E-state index in [2.05, 4.69) is 152 Å². The molecular weight excluding hydrogens is 848 g/mol. The summed E-state index contributed by atoms with van der Waals surface area (Å²) in [6.45, 7) is 8.78. The second-order valence-electron chi connectivity index (χ2n) is 14.7. The first-order chi connectivity index (χ1) is 25.8. The summed E-state index contributed by atoms with van der Waals surface area (Å²) in [7, 11) is 2.08. The molecule has 0 radical (unpaired) electrons. The fraction of sp³-hybridized carbons (Fsp3) is 0.106. The smallest absolute Gasteiger partial charge is 0.140 e. The summed E-state index contributed by atoms with van der Waals surface area (Å²) in [5.74, 6) is 1.96. The molecule has 268 valence electrons. The first-order valence-electron chi connectivity index (χ1n) is 17.8. The normalized spacial score (nSPS) is 12.9. The van der Waals surface area contributed by atoms with E-state index in [1.54, 1.807) is 0 Å². The van der Waals surface area contributed by atoms with Crippen molar-refractivity contribution in [3.05, 3.63) is 158 Å². The minimum absolute atomic E-state index is 0. The number of benzene rings is 6. The van der Waals surface area contributed by atoms with Gasteiger partial charge in [0.15, 0.2) is 0 Å². The van der Waals surface area contributed by atoms with Gasteiger partial charge in [-0.05, 0) is 53.2 Å². The van der Waals surface area contributed by atoms with Crippen LogP contribution in [-0.2, 0) is 26.5 Å². The molecule has 0 saturated carbocycles. The summed E-state index contributed by atoms with van der Waals surface area (Å²) in [6.07, 6.45) is 1.90. The third-order valence-electron chi connectivity index (χ3n) is 10.2. The molecule has 4 heterocycles. The maximum Gasteiger partial charge on any atom is 0.140 e. The van der Waals surface area contributed by atoms with Gasteiger partial charge in [-0.25, -0.2) is 4.98 Å². The molecule has 0 N–H and O–H groups in total. The molecule has 0 fully saturated rings. The molecule has 1 aliphatic heterocycles. The van der Waals surface area contributed by atoms with Crippen LogP contribution in [0.15, 0.2) is 138 Å². The van der Waals surface area contributed by atoms with Crippen LogP contribution in [0.5, 0.6) is 11.5 Å². The Hall–Kier alpha value is -5.84. The molecule has 0 unspecified atom stereocenters. The molecule has 0 aliphatic carbocycles. The van der Waals surface area contributed by atoms with Gasteiger partial charge in [0.1, 0.15) is 17.0 Å². The summed E-state index contributed by atoms with van der Waals surface area (Å²) in [5, 5.41) is 4.22. The third kappa shape index (κ3) is 5.64. The minimum atomic E-state index is -0.136. The number of anilines is 3. The van der Waals surface area contributed by atoms with E-state index >= 15 is 0 Å². The fourth-order valence-electron chi connectivity index (χ4n) is 7.48. The maximum atomic E-state index is 6.71. The molecule has 7 heteroatoms. The number of hydrogen-bond acceptors (Lipinski definition) is 5. The number of fused-ring (bicyclic) bond motifs is 7. The number of hydrogen-bond donors (Lipinski definition) is 0. The van der Waals surface area contributed by atoms with Crippen molar-refractivity contribution >= 4 is 60.8 Å². The van der Waals surface area contributed by atoms with Crippen molar-refractivity contribution in [1.29, 1.82) is 0 Å². The number of aromatic nitrogens is 2. The van der Waals surface area contributed by atoms with Crippen molar-refractivity contribution in [2.45, 2.75) is 26.2 Å². The van der Waals surface area contributed by atoms with Crippen molar-refractivity contribution in [3.63, 3.8) is 0 Å². The van der Waals surface area contributed by atoms with Crippen LogP contribution in [0.1, 0.15) is 26.3 Å². The van der Waals surface area contributed by atoms with Crippen LogP contribution in [0, 0.1) is 18.8 Å². The largest absolute Gasteiger partial charge is 0.509 e. The second kappa shape index (κ2) is 12.9. The second-order valence-corrected chi connectivity index (χ2v) is 14.7.